The smallest absolute Gasteiger partial charge is 0.119 e. The van der Waals surface area contributed by atoms with Crippen molar-refractivity contribution in [2.75, 3.05) is 39.6 Å². The predicted molar refractivity (Wildman–Crippen MR) is 140 cm³/mol. The fraction of sp³-hybridized carbons (Fsp3) is 0.200. The van der Waals surface area contributed by atoms with Gasteiger partial charge in [0.1, 0.15) is 37.1 Å². The number of ether oxygens (including phenoxy) is 3. The zero-order valence-corrected chi connectivity index (χ0v) is 20.0. The molecule has 3 N–H and O–H groups in total. The zero-order chi connectivity index (χ0) is 25.2. The van der Waals surface area contributed by atoms with Crippen LogP contribution < -0.4 is 14.2 Å². The third kappa shape index (κ3) is 6.64. The van der Waals surface area contributed by atoms with Crippen molar-refractivity contribution in [2.45, 2.75) is 0 Å². The third-order valence-corrected chi connectivity index (χ3v) is 5.58. The highest BCUT2D eigenvalue weighted by molar-refractivity contribution is 5.81. The van der Waals surface area contributed by atoms with E-state index in [0.717, 1.165) is 33.4 Å². The van der Waals surface area contributed by atoms with Crippen molar-refractivity contribution in [3.63, 3.8) is 0 Å². The minimum absolute atomic E-state index is 0.0270. The molecule has 4 rings (SSSR count). The molecule has 36 heavy (non-hydrogen) atoms. The van der Waals surface area contributed by atoms with Gasteiger partial charge in [-0.15, -0.1) is 0 Å². The maximum atomic E-state index is 8.99. The Balaban J connectivity index is 1.70. The average molecular weight is 487 g/mol. The van der Waals surface area contributed by atoms with E-state index in [2.05, 4.69) is 18.2 Å². The normalized spacial score (nSPS) is 10.8. The molecule has 0 unspecified atom stereocenters. The van der Waals surface area contributed by atoms with Gasteiger partial charge in [-0.3, -0.25) is 0 Å². The average Bonchev–Trinajstić information content (AvgIpc) is 2.94. The quantitative estimate of drug-likeness (QED) is 0.267. The molecule has 0 radical (unpaired) electrons. The lowest BCUT2D eigenvalue weighted by Gasteiger charge is -2.13. The summed E-state index contributed by atoms with van der Waals surface area (Å²) in [4.78, 5) is 0. The molecular formula is C30H30O6. The second kappa shape index (κ2) is 12.7. The van der Waals surface area contributed by atoms with Gasteiger partial charge in [0.25, 0.3) is 0 Å². The van der Waals surface area contributed by atoms with Crippen molar-refractivity contribution in [1.82, 2.24) is 0 Å². The molecular weight excluding hydrogens is 456 g/mol. The van der Waals surface area contributed by atoms with Crippen LogP contribution >= 0.6 is 0 Å². The summed E-state index contributed by atoms with van der Waals surface area (Å²) in [6.45, 7) is 0.696. The molecule has 0 fully saturated rings. The maximum absolute atomic E-state index is 8.99. The van der Waals surface area contributed by atoms with Crippen LogP contribution in [0.4, 0.5) is 0 Å². The summed E-state index contributed by atoms with van der Waals surface area (Å²) in [7, 11) is 0. The first-order chi connectivity index (χ1) is 17.7. The van der Waals surface area contributed by atoms with Gasteiger partial charge in [-0.1, -0.05) is 36.4 Å². The van der Waals surface area contributed by atoms with Crippen LogP contribution in [0.3, 0.4) is 0 Å². The second-order valence-corrected chi connectivity index (χ2v) is 8.09. The molecule has 0 atom stereocenters. The van der Waals surface area contributed by atoms with Crippen LogP contribution in [0.15, 0.2) is 91.0 Å². The molecule has 0 saturated heterocycles. The largest absolute Gasteiger partial charge is 0.491 e. The fourth-order valence-electron chi connectivity index (χ4n) is 3.85. The van der Waals surface area contributed by atoms with Gasteiger partial charge in [0, 0.05) is 0 Å². The van der Waals surface area contributed by atoms with E-state index in [1.807, 2.05) is 72.8 Å². The molecule has 0 aliphatic heterocycles. The molecule has 0 amide bonds. The van der Waals surface area contributed by atoms with Crippen molar-refractivity contribution in [1.29, 1.82) is 0 Å². The first kappa shape index (κ1) is 25.3. The van der Waals surface area contributed by atoms with Gasteiger partial charge in [0.2, 0.25) is 0 Å². The molecule has 4 aromatic rings. The third-order valence-electron chi connectivity index (χ3n) is 5.58. The van der Waals surface area contributed by atoms with Crippen molar-refractivity contribution in [3.05, 3.63) is 91.0 Å². The lowest BCUT2D eigenvalue weighted by atomic mass is 9.93. The van der Waals surface area contributed by atoms with E-state index in [-0.39, 0.29) is 39.6 Å². The van der Waals surface area contributed by atoms with Crippen LogP contribution in [0.5, 0.6) is 17.2 Å². The standard InChI is InChI=1S/C30H30O6/c31-13-16-34-28-7-1-22(2-8-28)25-19-26(23-3-9-29(10-4-23)35-17-14-32)21-27(20-25)24-5-11-30(12-6-24)36-18-15-33/h1-12,19-21,31-33H,13-18H2. The van der Waals surface area contributed by atoms with E-state index < -0.39 is 0 Å². The van der Waals surface area contributed by atoms with Crippen LogP contribution in [0, 0.1) is 0 Å². The van der Waals surface area contributed by atoms with Gasteiger partial charge in [0.05, 0.1) is 19.8 Å². The Morgan fingerprint density at radius 3 is 0.833 bits per heavy atom. The Morgan fingerprint density at radius 2 is 0.611 bits per heavy atom. The summed E-state index contributed by atoms with van der Waals surface area (Å²) >= 11 is 0. The molecule has 4 aromatic carbocycles. The number of aliphatic hydroxyl groups excluding tert-OH is 3. The highest BCUT2D eigenvalue weighted by Crippen LogP contribution is 2.34. The summed E-state index contributed by atoms with van der Waals surface area (Å²) in [6, 6.07) is 29.9. The number of benzene rings is 4. The van der Waals surface area contributed by atoms with E-state index in [9.17, 15) is 0 Å². The minimum Gasteiger partial charge on any atom is -0.491 e. The van der Waals surface area contributed by atoms with E-state index >= 15 is 0 Å². The SMILES string of the molecule is OCCOc1ccc(-c2cc(-c3ccc(OCCO)cc3)cc(-c3ccc(OCCO)cc3)c2)cc1. The van der Waals surface area contributed by atoms with Gasteiger partial charge in [-0.05, 0) is 88.0 Å². The highest BCUT2D eigenvalue weighted by atomic mass is 16.5. The van der Waals surface area contributed by atoms with Crippen LogP contribution in [0.2, 0.25) is 0 Å². The molecule has 6 nitrogen and oxygen atoms in total. The Kier molecular flexibility index (Phi) is 8.94. The Bertz CT molecular complexity index is 1050. The van der Waals surface area contributed by atoms with Gasteiger partial charge < -0.3 is 29.5 Å². The minimum atomic E-state index is -0.0270. The van der Waals surface area contributed by atoms with E-state index in [1.54, 1.807) is 0 Å². The molecule has 0 aliphatic carbocycles. The van der Waals surface area contributed by atoms with Gasteiger partial charge in [-0.2, -0.15) is 0 Å². The van der Waals surface area contributed by atoms with Crippen molar-refractivity contribution >= 4 is 0 Å². The Labute approximate surface area is 211 Å². The molecule has 0 bridgehead atoms. The zero-order valence-electron chi connectivity index (χ0n) is 20.0. The molecule has 6 heteroatoms. The maximum Gasteiger partial charge on any atom is 0.119 e. The summed E-state index contributed by atoms with van der Waals surface area (Å²) in [5.74, 6) is 2.13. The molecule has 0 aliphatic rings. The van der Waals surface area contributed by atoms with E-state index in [0.29, 0.717) is 17.2 Å². The Hall–Kier alpha value is -3.84. The first-order valence-corrected chi connectivity index (χ1v) is 11.9. The second-order valence-electron chi connectivity index (χ2n) is 8.09. The summed E-state index contributed by atoms with van der Waals surface area (Å²) in [6.07, 6.45) is 0. The van der Waals surface area contributed by atoms with Crippen molar-refractivity contribution in [2.24, 2.45) is 0 Å². The van der Waals surface area contributed by atoms with Crippen molar-refractivity contribution in [3.8, 4) is 50.6 Å². The summed E-state index contributed by atoms with van der Waals surface area (Å²) in [5, 5.41) is 27.0. The van der Waals surface area contributed by atoms with E-state index in [4.69, 9.17) is 29.5 Å². The summed E-state index contributed by atoms with van der Waals surface area (Å²) < 4.78 is 16.5. The van der Waals surface area contributed by atoms with Crippen LogP contribution in [-0.2, 0) is 0 Å². The number of hydrogen-bond donors (Lipinski definition) is 3. The van der Waals surface area contributed by atoms with Crippen LogP contribution in [-0.4, -0.2) is 55.0 Å². The first-order valence-electron chi connectivity index (χ1n) is 11.9. The summed E-state index contributed by atoms with van der Waals surface area (Å²) in [5.41, 5.74) is 6.29. The Morgan fingerprint density at radius 1 is 0.361 bits per heavy atom. The number of rotatable bonds is 12. The molecule has 0 heterocycles. The lowest BCUT2D eigenvalue weighted by Crippen LogP contribution is -2.01. The van der Waals surface area contributed by atoms with E-state index in [1.165, 1.54) is 0 Å². The molecule has 0 aromatic heterocycles. The predicted octanol–water partition coefficient (Wildman–Crippen LogP) is 4.80. The lowest BCUT2D eigenvalue weighted by molar-refractivity contribution is 0.201. The fourth-order valence-corrected chi connectivity index (χ4v) is 3.85. The molecule has 186 valence electrons. The van der Waals surface area contributed by atoms with Crippen LogP contribution in [0.25, 0.3) is 33.4 Å². The number of hydrogen-bond acceptors (Lipinski definition) is 6. The molecule has 0 saturated carbocycles. The number of aliphatic hydroxyl groups is 3. The molecule has 0 spiro atoms. The topological polar surface area (TPSA) is 88.4 Å². The van der Waals surface area contributed by atoms with Gasteiger partial charge in [0.15, 0.2) is 0 Å². The van der Waals surface area contributed by atoms with Crippen LogP contribution in [0.1, 0.15) is 0 Å². The van der Waals surface area contributed by atoms with Crippen molar-refractivity contribution < 1.29 is 29.5 Å². The monoisotopic (exact) mass is 486 g/mol. The van der Waals surface area contributed by atoms with Gasteiger partial charge in [-0.25, -0.2) is 0 Å². The van der Waals surface area contributed by atoms with Gasteiger partial charge >= 0.3 is 0 Å². The highest BCUT2D eigenvalue weighted by Gasteiger charge is 2.09.